The van der Waals surface area contributed by atoms with Gasteiger partial charge in [0.15, 0.2) is 0 Å². The van der Waals surface area contributed by atoms with Gasteiger partial charge in [0.05, 0.1) is 11.4 Å². The molecule has 0 aliphatic carbocycles. The van der Waals surface area contributed by atoms with Crippen LogP contribution >= 0.6 is 0 Å². The molecule has 0 unspecified atom stereocenters. The molecule has 0 bridgehead atoms. The van der Waals surface area contributed by atoms with Crippen LogP contribution in [-0.4, -0.2) is 26.7 Å². The molecule has 0 atom stereocenters. The van der Waals surface area contributed by atoms with Crippen LogP contribution in [0, 0.1) is 6.92 Å². The van der Waals surface area contributed by atoms with Crippen molar-refractivity contribution in [1.29, 1.82) is 0 Å². The third kappa shape index (κ3) is 2.50. The van der Waals surface area contributed by atoms with Crippen LogP contribution in [-0.2, 0) is 13.1 Å². The van der Waals surface area contributed by atoms with Crippen LogP contribution in [0.2, 0.25) is 0 Å². The Balaban J connectivity index is 2.51. The molecule has 0 aliphatic heterocycles. The molecule has 0 aromatic carbocycles. The van der Waals surface area contributed by atoms with E-state index < -0.39 is 0 Å². The first-order valence-corrected chi connectivity index (χ1v) is 4.49. The summed E-state index contributed by atoms with van der Waals surface area (Å²) in [6.07, 6.45) is 1.72. The van der Waals surface area contributed by atoms with E-state index in [4.69, 9.17) is 10.8 Å². The summed E-state index contributed by atoms with van der Waals surface area (Å²) in [6.45, 7) is 3.43. The predicted molar refractivity (Wildman–Crippen MR) is 49.0 cm³/mol. The van der Waals surface area contributed by atoms with Gasteiger partial charge in [-0.25, -0.2) is 4.68 Å². The van der Waals surface area contributed by atoms with Gasteiger partial charge >= 0.3 is 0 Å². The summed E-state index contributed by atoms with van der Waals surface area (Å²) in [6, 6.07) is 0. The van der Waals surface area contributed by atoms with Crippen molar-refractivity contribution >= 4 is 0 Å². The molecule has 3 N–H and O–H groups in total. The largest absolute Gasteiger partial charge is 0.396 e. The molecule has 5 nitrogen and oxygen atoms in total. The number of aliphatic hydroxyl groups is 1. The zero-order valence-corrected chi connectivity index (χ0v) is 7.90. The van der Waals surface area contributed by atoms with Crippen molar-refractivity contribution in [2.75, 3.05) is 6.61 Å². The second-order valence-electron chi connectivity index (χ2n) is 2.98. The summed E-state index contributed by atoms with van der Waals surface area (Å²) < 4.78 is 1.83. The van der Waals surface area contributed by atoms with Crippen LogP contribution in [0.5, 0.6) is 0 Å². The minimum Gasteiger partial charge on any atom is -0.396 e. The fourth-order valence-electron chi connectivity index (χ4n) is 1.17. The van der Waals surface area contributed by atoms with Gasteiger partial charge < -0.3 is 10.8 Å². The average Bonchev–Trinajstić information content (AvgIpc) is 2.48. The van der Waals surface area contributed by atoms with E-state index in [1.54, 1.807) is 0 Å². The highest BCUT2D eigenvalue weighted by Gasteiger charge is 2.05. The standard InChI is InChI=1S/C8H16N4O/c1-7-8(6-9)10-11-12(7)4-2-3-5-13/h13H,2-6,9H2,1H3. The van der Waals surface area contributed by atoms with Crippen LogP contribution in [0.4, 0.5) is 0 Å². The summed E-state index contributed by atoms with van der Waals surface area (Å²) in [4.78, 5) is 0. The van der Waals surface area contributed by atoms with Crippen LogP contribution in [0.1, 0.15) is 24.2 Å². The van der Waals surface area contributed by atoms with Crippen molar-refractivity contribution in [1.82, 2.24) is 15.0 Å². The van der Waals surface area contributed by atoms with Gasteiger partial charge in [0.2, 0.25) is 0 Å². The van der Waals surface area contributed by atoms with Crippen molar-refractivity contribution in [3.8, 4) is 0 Å². The third-order valence-corrected chi connectivity index (χ3v) is 2.05. The number of nitrogens with zero attached hydrogens (tertiary/aromatic N) is 3. The molecular weight excluding hydrogens is 168 g/mol. The lowest BCUT2D eigenvalue weighted by Crippen LogP contribution is -2.04. The summed E-state index contributed by atoms with van der Waals surface area (Å²) in [5.41, 5.74) is 7.34. The zero-order chi connectivity index (χ0) is 9.68. The van der Waals surface area contributed by atoms with E-state index in [2.05, 4.69) is 10.3 Å². The molecule has 74 valence electrons. The molecular formula is C8H16N4O. The first-order valence-electron chi connectivity index (χ1n) is 4.49. The highest BCUT2D eigenvalue weighted by molar-refractivity contribution is 5.06. The molecule has 0 saturated heterocycles. The van der Waals surface area contributed by atoms with Crippen LogP contribution in [0.15, 0.2) is 0 Å². The maximum Gasteiger partial charge on any atom is 0.0991 e. The fourth-order valence-corrected chi connectivity index (χ4v) is 1.17. The van der Waals surface area contributed by atoms with Crippen molar-refractivity contribution in [3.05, 3.63) is 11.4 Å². The smallest absolute Gasteiger partial charge is 0.0991 e. The highest BCUT2D eigenvalue weighted by atomic mass is 16.2. The molecule has 1 heterocycles. The number of aromatic nitrogens is 3. The second kappa shape index (κ2) is 4.94. The fraction of sp³-hybridized carbons (Fsp3) is 0.750. The van der Waals surface area contributed by atoms with E-state index >= 15 is 0 Å². The van der Waals surface area contributed by atoms with Gasteiger partial charge in [-0.05, 0) is 19.8 Å². The van der Waals surface area contributed by atoms with Gasteiger partial charge in [-0.15, -0.1) is 5.10 Å². The summed E-state index contributed by atoms with van der Waals surface area (Å²) in [5.74, 6) is 0. The third-order valence-electron chi connectivity index (χ3n) is 2.05. The molecule has 1 aromatic rings. The molecule has 0 fully saturated rings. The van der Waals surface area contributed by atoms with Crippen molar-refractivity contribution in [2.24, 2.45) is 5.73 Å². The lowest BCUT2D eigenvalue weighted by atomic mass is 10.3. The predicted octanol–water partition coefficient (Wildman–Crippen LogP) is -0.182. The molecule has 5 heteroatoms. The van der Waals surface area contributed by atoms with Gasteiger partial charge in [-0.2, -0.15) is 0 Å². The Hall–Kier alpha value is -0.940. The molecule has 0 spiro atoms. The van der Waals surface area contributed by atoms with E-state index in [9.17, 15) is 0 Å². The first-order chi connectivity index (χ1) is 6.29. The topological polar surface area (TPSA) is 77.0 Å². The molecule has 1 aromatic heterocycles. The van der Waals surface area contributed by atoms with Gasteiger partial charge in [0, 0.05) is 19.7 Å². The normalized spacial score (nSPS) is 10.7. The number of nitrogens with two attached hydrogens (primary N) is 1. The van der Waals surface area contributed by atoms with Gasteiger partial charge in [0.1, 0.15) is 0 Å². The molecule has 0 saturated carbocycles. The van der Waals surface area contributed by atoms with Crippen molar-refractivity contribution < 1.29 is 5.11 Å². The van der Waals surface area contributed by atoms with Crippen LogP contribution in [0.3, 0.4) is 0 Å². The average molecular weight is 184 g/mol. The second-order valence-corrected chi connectivity index (χ2v) is 2.98. The Kier molecular flexibility index (Phi) is 3.85. The van der Waals surface area contributed by atoms with E-state index in [-0.39, 0.29) is 6.61 Å². The Morgan fingerprint density at radius 2 is 2.23 bits per heavy atom. The summed E-state index contributed by atoms with van der Waals surface area (Å²) >= 11 is 0. The Morgan fingerprint density at radius 1 is 1.46 bits per heavy atom. The molecule has 0 aliphatic rings. The number of unbranched alkanes of at least 4 members (excludes halogenated alkanes) is 1. The maximum absolute atomic E-state index is 8.60. The van der Waals surface area contributed by atoms with E-state index in [0.29, 0.717) is 6.54 Å². The summed E-state index contributed by atoms with van der Waals surface area (Å²) in [7, 11) is 0. The summed E-state index contributed by atoms with van der Waals surface area (Å²) in [5, 5.41) is 16.5. The maximum atomic E-state index is 8.60. The molecule has 13 heavy (non-hydrogen) atoms. The number of rotatable bonds is 5. The van der Waals surface area contributed by atoms with E-state index in [1.165, 1.54) is 0 Å². The minimum atomic E-state index is 0.234. The Morgan fingerprint density at radius 3 is 2.77 bits per heavy atom. The minimum absolute atomic E-state index is 0.234. The zero-order valence-electron chi connectivity index (χ0n) is 7.90. The first kappa shape index (κ1) is 10.1. The lowest BCUT2D eigenvalue weighted by Gasteiger charge is -2.01. The monoisotopic (exact) mass is 184 g/mol. The number of hydrogen-bond acceptors (Lipinski definition) is 4. The van der Waals surface area contributed by atoms with Crippen LogP contribution in [0.25, 0.3) is 0 Å². The molecule has 0 radical (unpaired) electrons. The molecule has 1 rings (SSSR count). The van der Waals surface area contributed by atoms with Crippen molar-refractivity contribution in [2.45, 2.75) is 32.9 Å². The number of hydrogen-bond donors (Lipinski definition) is 2. The van der Waals surface area contributed by atoms with Gasteiger partial charge in [-0.1, -0.05) is 5.21 Å². The van der Waals surface area contributed by atoms with Gasteiger partial charge in [0.25, 0.3) is 0 Å². The highest BCUT2D eigenvalue weighted by Crippen LogP contribution is 2.03. The number of aliphatic hydroxyl groups excluding tert-OH is 1. The SMILES string of the molecule is Cc1c(CN)nnn1CCCCO. The quantitative estimate of drug-likeness (QED) is 0.622. The van der Waals surface area contributed by atoms with E-state index in [0.717, 1.165) is 30.8 Å². The van der Waals surface area contributed by atoms with Crippen molar-refractivity contribution in [3.63, 3.8) is 0 Å². The Labute approximate surface area is 77.6 Å². The molecule has 0 amide bonds. The van der Waals surface area contributed by atoms with Crippen LogP contribution < -0.4 is 5.73 Å². The number of aryl methyl sites for hydroxylation is 1. The van der Waals surface area contributed by atoms with Gasteiger partial charge in [-0.3, -0.25) is 0 Å². The lowest BCUT2D eigenvalue weighted by molar-refractivity contribution is 0.279. The Bertz CT molecular complexity index is 259. The van der Waals surface area contributed by atoms with E-state index in [1.807, 2.05) is 11.6 Å².